The molecule has 0 saturated carbocycles. The van der Waals surface area contributed by atoms with Crippen molar-refractivity contribution >= 4 is 17.7 Å². The Kier molecular flexibility index (Phi) is 3.84. The molecule has 0 radical (unpaired) electrons. The number of thioether (sulfide) groups is 1. The van der Waals surface area contributed by atoms with Crippen molar-refractivity contribution in [2.75, 3.05) is 25.1 Å². The van der Waals surface area contributed by atoms with Crippen molar-refractivity contribution in [3.63, 3.8) is 0 Å². The SMILES string of the molecule is CN(C(=O)C(C)(C)CN)C1CCSC1. The lowest BCUT2D eigenvalue weighted by Crippen LogP contribution is -2.47. The summed E-state index contributed by atoms with van der Waals surface area (Å²) in [6, 6.07) is 0.415. The molecule has 2 N–H and O–H groups in total. The van der Waals surface area contributed by atoms with E-state index in [2.05, 4.69) is 0 Å². The third-order valence-electron chi connectivity index (χ3n) is 2.86. The molecule has 3 nitrogen and oxygen atoms in total. The maximum Gasteiger partial charge on any atom is 0.229 e. The number of nitrogens with two attached hydrogens (primary N) is 1. The highest BCUT2D eigenvalue weighted by atomic mass is 32.2. The largest absolute Gasteiger partial charge is 0.341 e. The Morgan fingerprint density at radius 1 is 1.64 bits per heavy atom. The Bertz CT molecular complexity index is 212. The molecular formula is C10H20N2OS. The van der Waals surface area contributed by atoms with Gasteiger partial charge in [-0.05, 0) is 26.0 Å². The van der Waals surface area contributed by atoms with Crippen LogP contribution < -0.4 is 5.73 Å². The van der Waals surface area contributed by atoms with Gasteiger partial charge in [-0.25, -0.2) is 0 Å². The summed E-state index contributed by atoms with van der Waals surface area (Å²) in [5.74, 6) is 2.42. The number of hydrogen-bond acceptors (Lipinski definition) is 3. The van der Waals surface area contributed by atoms with Gasteiger partial charge >= 0.3 is 0 Å². The van der Waals surface area contributed by atoms with Crippen LogP contribution in [0.25, 0.3) is 0 Å². The van der Waals surface area contributed by atoms with Crippen LogP contribution in [0.4, 0.5) is 0 Å². The summed E-state index contributed by atoms with van der Waals surface area (Å²) in [4.78, 5) is 13.9. The molecule has 1 aliphatic rings. The van der Waals surface area contributed by atoms with Gasteiger partial charge in [0.15, 0.2) is 0 Å². The molecule has 1 amide bonds. The predicted molar refractivity (Wildman–Crippen MR) is 61.3 cm³/mol. The topological polar surface area (TPSA) is 46.3 Å². The second-order valence-corrected chi connectivity index (χ2v) is 5.67. The first-order valence-corrected chi connectivity index (χ1v) is 6.19. The molecule has 1 heterocycles. The van der Waals surface area contributed by atoms with Crippen LogP contribution in [0, 0.1) is 5.41 Å². The molecule has 0 aromatic heterocycles. The van der Waals surface area contributed by atoms with Gasteiger partial charge in [-0.15, -0.1) is 0 Å². The summed E-state index contributed by atoms with van der Waals surface area (Å²) < 4.78 is 0. The minimum Gasteiger partial charge on any atom is -0.341 e. The van der Waals surface area contributed by atoms with E-state index in [0.29, 0.717) is 12.6 Å². The number of hydrogen-bond donors (Lipinski definition) is 1. The van der Waals surface area contributed by atoms with E-state index in [9.17, 15) is 4.79 Å². The Morgan fingerprint density at radius 3 is 2.71 bits per heavy atom. The van der Waals surface area contributed by atoms with Crippen LogP contribution >= 0.6 is 11.8 Å². The summed E-state index contributed by atoms with van der Waals surface area (Å²) in [5.41, 5.74) is 5.18. The van der Waals surface area contributed by atoms with Gasteiger partial charge in [0.1, 0.15) is 0 Å². The standard InChI is InChI=1S/C10H20N2OS/c1-10(2,7-11)9(13)12(3)8-4-5-14-6-8/h8H,4-7,11H2,1-3H3. The second-order valence-electron chi connectivity index (χ2n) is 4.52. The Morgan fingerprint density at radius 2 is 2.29 bits per heavy atom. The molecule has 1 saturated heterocycles. The summed E-state index contributed by atoms with van der Waals surface area (Å²) in [6.45, 7) is 4.23. The maximum absolute atomic E-state index is 12.0. The van der Waals surface area contributed by atoms with Crippen molar-refractivity contribution in [3.8, 4) is 0 Å². The van der Waals surface area contributed by atoms with E-state index in [-0.39, 0.29) is 5.91 Å². The lowest BCUT2D eigenvalue weighted by Gasteiger charge is -2.31. The smallest absolute Gasteiger partial charge is 0.229 e. The van der Waals surface area contributed by atoms with E-state index in [1.54, 1.807) is 0 Å². The zero-order valence-corrected chi connectivity index (χ0v) is 10.1. The predicted octanol–water partition coefficient (Wildman–Crippen LogP) is 0.935. The van der Waals surface area contributed by atoms with Crippen LogP contribution in [-0.4, -0.2) is 41.9 Å². The van der Waals surface area contributed by atoms with E-state index in [1.807, 2.05) is 37.6 Å². The molecule has 1 atom stereocenters. The highest BCUT2D eigenvalue weighted by molar-refractivity contribution is 7.99. The molecule has 14 heavy (non-hydrogen) atoms. The molecule has 4 heteroatoms. The van der Waals surface area contributed by atoms with E-state index in [4.69, 9.17) is 5.73 Å². The average molecular weight is 216 g/mol. The second kappa shape index (κ2) is 4.53. The van der Waals surface area contributed by atoms with E-state index < -0.39 is 5.41 Å². The fourth-order valence-corrected chi connectivity index (χ4v) is 2.83. The number of nitrogens with zero attached hydrogens (tertiary/aromatic N) is 1. The van der Waals surface area contributed by atoms with Gasteiger partial charge in [0.25, 0.3) is 0 Å². The third kappa shape index (κ3) is 2.42. The number of carbonyl (C=O) groups excluding carboxylic acids is 1. The average Bonchev–Trinajstić information content (AvgIpc) is 2.68. The van der Waals surface area contributed by atoms with Crippen molar-refractivity contribution in [1.82, 2.24) is 4.90 Å². The van der Waals surface area contributed by atoms with Crippen LogP contribution in [0.5, 0.6) is 0 Å². The fourth-order valence-electron chi connectivity index (χ4n) is 1.56. The molecule has 1 rings (SSSR count). The van der Waals surface area contributed by atoms with Crippen molar-refractivity contribution < 1.29 is 4.79 Å². The Hall–Kier alpha value is -0.220. The summed E-state index contributed by atoms with van der Waals surface area (Å²) >= 11 is 1.92. The van der Waals surface area contributed by atoms with Crippen LogP contribution in [0.3, 0.4) is 0 Å². The first kappa shape index (κ1) is 11.9. The highest BCUT2D eigenvalue weighted by Crippen LogP contribution is 2.25. The van der Waals surface area contributed by atoms with Crippen molar-refractivity contribution in [1.29, 1.82) is 0 Å². The lowest BCUT2D eigenvalue weighted by atomic mass is 9.91. The zero-order valence-electron chi connectivity index (χ0n) is 9.25. The molecule has 1 unspecified atom stereocenters. The monoisotopic (exact) mass is 216 g/mol. The maximum atomic E-state index is 12.0. The molecular weight excluding hydrogens is 196 g/mol. The fraction of sp³-hybridized carbons (Fsp3) is 0.900. The molecule has 1 aliphatic heterocycles. The number of amides is 1. The highest BCUT2D eigenvalue weighted by Gasteiger charge is 2.33. The van der Waals surface area contributed by atoms with Crippen LogP contribution in [0.15, 0.2) is 0 Å². The minimum atomic E-state index is -0.415. The van der Waals surface area contributed by atoms with E-state index in [1.165, 1.54) is 5.75 Å². The van der Waals surface area contributed by atoms with Crippen molar-refractivity contribution in [2.24, 2.45) is 11.1 Å². The van der Waals surface area contributed by atoms with Gasteiger partial charge in [-0.1, -0.05) is 0 Å². The molecule has 0 aromatic rings. The van der Waals surface area contributed by atoms with Crippen LogP contribution in [0.2, 0.25) is 0 Å². The van der Waals surface area contributed by atoms with Crippen LogP contribution in [0.1, 0.15) is 20.3 Å². The molecule has 0 spiro atoms. The van der Waals surface area contributed by atoms with Crippen LogP contribution in [-0.2, 0) is 4.79 Å². The summed E-state index contributed by atoms with van der Waals surface area (Å²) in [6.07, 6.45) is 1.12. The minimum absolute atomic E-state index is 0.174. The first-order valence-electron chi connectivity index (χ1n) is 5.04. The zero-order chi connectivity index (χ0) is 10.8. The normalized spacial score (nSPS) is 22.4. The van der Waals surface area contributed by atoms with Gasteiger partial charge in [0, 0.05) is 25.4 Å². The Balaban J connectivity index is 2.59. The van der Waals surface area contributed by atoms with Crippen molar-refractivity contribution in [2.45, 2.75) is 26.3 Å². The van der Waals surface area contributed by atoms with Gasteiger partial charge < -0.3 is 10.6 Å². The number of carbonyl (C=O) groups is 1. The molecule has 0 bridgehead atoms. The molecule has 1 fully saturated rings. The first-order chi connectivity index (χ1) is 6.49. The van der Waals surface area contributed by atoms with Gasteiger partial charge in [0.05, 0.1) is 5.41 Å². The molecule has 0 aromatic carbocycles. The quantitative estimate of drug-likeness (QED) is 0.763. The van der Waals surface area contributed by atoms with Gasteiger partial charge in [-0.3, -0.25) is 4.79 Å². The van der Waals surface area contributed by atoms with Gasteiger partial charge in [-0.2, -0.15) is 11.8 Å². The van der Waals surface area contributed by atoms with Crippen molar-refractivity contribution in [3.05, 3.63) is 0 Å². The molecule has 82 valence electrons. The summed E-state index contributed by atoms with van der Waals surface area (Å²) in [7, 11) is 1.90. The van der Waals surface area contributed by atoms with E-state index >= 15 is 0 Å². The third-order valence-corrected chi connectivity index (χ3v) is 4.01. The van der Waals surface area contributed by atoms with Gasteiger partial charge in [0.2, 0.25) is 5.91 Å². The lowest BCUT2D eigenvalue weighted by molar-refractivity contribution is -0.140. The van der Waals surface area contributed by atoms with E-state index in [0.717, 1.165) is 12.2 Å². The summed E-state index contributed by atoms with van der Waals surface area (Å²) in [5, 5.41) is 0. The molecule has 0 aliphatic carbocycles. The Labute approximate surface area is 90.4 Å². The number of rotatable bonds is 3.